The van der Waals surface area contributed by atoms with E-state index in [0.717, 1.165) is 64.7 Å². The Bertz CT molecular complexity index is 862. The highest BCUT2D eigenvalue weighted by Crippen LogP contribution is 2.37. The zero-order valence-corrected chi connectivity index (χ0v) is 32.7. The Kier molecular flexibility index (Phi) is 16.5. The summed E-state index contributed by atoms with van der Waals surface area (Å²) in [7, 11) is -3.28. The van der Waals surface area contributed by atoms with Crippen LogP contribution in [0.1, 0.15) is 127 Å². The minimum absolute atomic E-state index is 0.0904. The van der Waals surface area contributed by atoms with Crippen LogP contribution < -0.4 is 0 Å². The van der Waals surface area contributed by atoms with Crippen molar-refractivity contribution in [2.75, 3.05) is 19.8 Å². The first-order valence-corrected chi connectivity index (χ1v) is 23.1. The molecule has 0 aromatic rings. The normalized spacial score (nSPS) is 19.5. The highest BCUT2D eigenvalue weighted by molar-refractivity contribution is 6.74. The van der Waals surface area contributed by atoms with Gasteiger partial charge in [-0.25, -0.2) is 4.79 Å². The van der Waals surface area contributed by atoms with Crippen molar-refractivity contribution in [3.05, 3.63) is 24.3 Å². The molecule has 2 atom stereocenters. The third-order valence-corrected chi connectivity index (χ3v) is 18.7. The SMILES string of the molecule is CC(C)(C)OC(=O)N1CCC(C=CCCCCCO[Si](C)(C)C(C)(C)C)CC1C=CCCCCCO[Si](C)(C)C(C)(C)C. The lowest BCUT2D eigenvalue weighted by Crippen LogP contribution is -2.47. The van der Waals surface area contributed by atoms with Crippen molar-refractivity contribution in [2.45, 2.75) is 174 Å². The second-order valence-corrected chi connectivity index (χ2v) is 26.4. The molecule has 1 rings (SSSR count). The smallest absolute Gasteiger partial charge is 0.410 e. The molecule has 43 heavy (non-hydrogen) atoms. The zero-order chi connectivity index (χ0) is 33.0. The minimum Gasteiger partial charge on any atom is -0.444 e. The summed E-state index contributed by atoms with van der Waals surface area (Å²) in [5.41, 5.74) is -0.482. The van der Waals surface area contributed by atoms with Crippen LogP contribution in [0.25, 0.3) is 0 Å². The van der Waals surface area contributed by atoms with E-state index in [1.54, 1.807) is 0 Å². The number of unbranched alkanes of at least 4 members (excludes halogenated alkanes) is 6. The summed E-state index contributed by atoms with van der Waals surface area (Å²) in [6.45, 7) is 31.4. The zero-order valence-electron chi connectivity index (χ0n) is 30.7. The van der Waals surface area contributed by atoms with Gasteiger partial charge in [-0.15, -0.1) is 0 Å². The first-order valence-electron chi connectivity index (χ1n) is 17.3. The van der Waals surface area contributed by atoms with E-state index in [1.807, 2.05) is 25.7 Å². The Morgan fingerprint density at radius 2 is 1.19 bits per heavy atom. The van der Waals surface area contributed by atoms with Gasteiger partial charge >= 0.3 is 6.09 Å². The molecule has 1 amide bonds. The molecule has 0 aromatic heterocycles. The van der Waals surface area contributed by atoms with Crippen molar-refractivity contribution in [2.24, 2.45) is 5.92 Å². The number of carbonyl (C=O) groups excluding carboxylic acids is 1. The van der Waals surface area contributed by atoms with Crippen molar-refractivity contribution >= 4 is 22.7 Å². The Morgan fingerprint density at radius 1 is 0.721 bits per heavy atom. The van der Waals surface area contributed by atoms with E-state index in [0.29, 0.717) is 5.92 Å². The first kappa shape index (κ1) is 40.1. The highest BCUT2D eigenvalue weighted by atomic mass is 28.4. The average molecular weight is 638 g/mol. The molecule has 1 saturated heterocycles. The van der Waals surface area contributed by atoms with Crippen LogP contribution in [0.3, 0.4) is 0 Å². The fourth-order valence-electron chi connectivity index (χ4n) is 4.64. The molecule has 1 heterocycles. The number of hydrogen-bond donors (Lipinski definition) is 0. The van der Waals surface area contributed by atoms with Gasteiger partial charge in [0.15, 0.2) is 16.6 Å². The molecule has 5 nitrogen and oxygen atoms in total. The van der Waals surface area contributed by atoms with Gasteiger partial charge < -0.3 is 18.5 Å². The first-order chi connectivity index (χ1) is 19.7. The molecule has 0 spiro atoms. The van der Waals surface area contributed by atoms with E-state index in [-0.39, 0.29) is 22.2 Å². The van der Waals surface area contributed by atoms with Crippen molar-refractivity contribution < 1.29 is 18.4 Å². The van der Waals surface area contributed by atoms with Crippen molar-refractivity contribution in [1.82, 2.24) is 4.90 Å². The summed E-state index contributed by atoms with van der Waals surface area (Å²) in [5.74, 6) is 0.503. The monoisotopic (exact) mass is 637 g/mol. The maximum Gasteiger partial charge on any atom is 0.410 e. The minimum atomic E-state index is -1.65. The molecule has 0 aromatic carbocycles. The number of allylic oxidation sites excluding steroid dienone is 3. The molecule has 1 aliphatic rings. The Labute approximate surface area is 269 Å². The van der Waals surface area contributed by atoms with Crippen molar-refractivity contribution in [1.29, 1.82) is 0 Å². The second kappa shape index (κ2) is 17.7. The third-order valence-electron chi connectivity index (χ3n) is 9.65. The summed E-state index contributed by atoms with van der Waals surface area (Å²) in [4.78, 5) is 15.0. The van der Waals surface area contributed by atoms with Gasteiger partial charge in [0.25, 0.3) is 0 Å². The Hall–Kier alpha value is -0.896. The van der Waals surface area contributed by atoms with E-state index in [1.165, 1.54) is 19.3 Å². The number of carbonyl (C=O) groups is 1. The van der Waals surface area contributed by atoms with Crippen molar-refractivity contribution in [3.8, 4) is 0 Å². The molecule has 0 N–H and O–H groups in total. The molecule has 0 bridgehead atoms. The van der Waals surface area contributed by atoms with E-state index >= 15 is 0 Å². The topological polar surface area (TPSA) is 48.0 Å². The van der Waals surface area contributed by atoms with E-state index in [2.05, 4.69) is 92.0 Å². The van der Waals surface area contributed by atoms with Gasteiger partial charge in [-0.1, -0.05) is 78.7 Å². The molecule has 252 valence electrons. The molecular formula is C36H71NO4Si2. The molecule has 0 aliphatic carbocycles. The van der Waals surface area contributed by atoms with Crippen molar-refractivity contribution in [3.63, 3.8) is 0 Å². The molecule has 2 unspecified atom stereocenters. The lowest BCUT2D eigenvalue weighted by atomic mass is 9.90. The lowest BCUT2D eigenvalue weighted by molar-refractivity contribution is 0.0124. The van der Waals surface area contributed by atoms with Gasteiger partial charge in [0.1, 0.15) is 5.60 Å². The number of amides is 1. The number of piperidine rings is 1. The summed E-state index contributed by atoms with van der Waals surface area (Å²) in [6.07, 6.45) is 20.3. The quantitative estimate of drug-likeness (QED) is 0.0959. The van der Waals surface area contributed by atoms with Gasteiger partial charge in [0, 0.05) is 19.8 Å². The van der Waals surface area contributed by atoms with Crippen LogP contribution in [0, 0.1) is 5.92 Å². The fraction of sp³-hybridized carbons (Fsp3) is 0.861. The highest BCUT2D eigenvalue weighted by Gasteiger charge is 2.37. The van der Waals surface area contributed by atoms with Crippen LogP contribution in [0.4, 0.5) is 4.79 Å². The molecule has 7 heteroatoms. The van der Waals surface area contributed by atoms with Crippen LogP contribution in [-0.4, -0.2) is 59.0 Å². The number of nitrogens with zero attached hydrogens (tertiary/aromatic N) is 1. The Balaban J connectivity index is 2.53. The van der Waals surface area contributed by atoms with E-state index in [9.17, 15) is 4.79 Å². The third kappa shape index (κ3) is 15.8. The standard InChI is InChI=1S/C36H71NO4Si2/c1-34(2,3)41-33(38)37-27-26-31(24-20-16-14-18-22-28-39-42(10,11)35(4,5)6)30-32(37)25-21-17-15-19-23-29-40-43(12,13)36(7,8)9/h20-21,24-25,31-32H,14-19,22-23,26-30H2,1-13H3. The van der Waals surface area contributed by atoms with Gasteiger partial charge in [-0.2, -0.15) is 0 Å². The van der Waals surface area contributed by atoms with Gasteiger partial charge in [-0.05, 0) is 114 Å². The average Bonchev–Trinajstić information content (AvgIpc) is 2.84. The number of likely N-dealkylation sites (tertiary alicyclic amines) is 1. The maximum atomic E-state index is 13.0. The maximum absolute atomic E-state index is 13.0. The van der Waals surface area contributed by atoms with Crippen LogP contribution in [0.2, 0.25) is 36.3 Å². The lowest BCUT2D eigenvalue weighted by Gasteiger charge is -2.38. The predicted molar refractivity (Wildman–Crippen MR) is 191 cm³/mol. The molecule has 0 saturated carbocycles. The Morgan fingerprint density at radius 3 is 1.63 bits per heavy atom. The predicted octanol–water partition coefficient (Wildman–Crippen LogP) is 11.3. The fourth-order valence-corrected chi connectivity index (χ4v) is 6.82. The summed E-state index contributed by atoms with van der Waals surface area (Å²) in [6, 6.07) is 0.0904. The van der Waals surface area contributed by atoms with Crippen LogP contribution in [0.15, 0.2) is 24.3 Å². The van der Waals surface area contributed by atoms with Gasteiger partial charge in [0.05, 0.1) is 6.04 Å². The van der Waals surface area contributed by atoms with E-state index in [4.69, 9.17) is 13.6 Å². The van der Waals surface area contributed by atoms with Crippen LogP contribution >= 0.6 is 0 Å². The number of rotatable bonds is 16. The molecule has 1 fully saturated rings. The summed E-state index contributed by atoms with van der Waals surface area (Å²) >= 11 is 0. The van der Waals surface area contributed by atoms with E-state index < -0.39 is 22.2 Å². The molecule has 1 aliphatic heterocycles. The second-order valence-electron chi connectivity index (χ2n) is 16.8. The summed E-state index contributed by atoms with van der Waals surface area (Å²) in [5, 5.41) is 0.546. The van der Waals surface area contributed by atoms with Crippen LogP contribution in [-0.2, 0) is 13.6 Å². The van der Waals surface area contributed by atoms with Gasteiger partial charge in [-0.3, -0.25) is 0 Å². The molecule has 0 radical (unpaired) electrons. The van der Waals surface area contributed by atoms with Crippen LogP contribution in [0.5, 0.6) is 0 Å². The number of ether oxygens (including phenoxy) is 1. The summed E-state index contributed by atoms with van der Waals surface area (Å²) < 4.78 is 18.4. The molecular weight excluding hydrogens is 567 g/mol. The van der Waals surface area contributed by atoms with Gasteiger partial charge in [0.2, 0.25) is 0 Å². The number of hydrogen-bond acceptors (Lipinski definition) is 4. The largest absolute Gasteiger partial charge is 0.444 e.